The summed E-state index contributed by atoms with van der Waals surface area (Å²) in [5.74, 6) is -0.896. The number of ether oxygens (including phenoxy) is 2. The first kappa shape index (κ1) is 18.4. The van der Waals surface area contributed by atoms with Gasteiger partial charge in [0, 0.05) is 11.0 Å². The van der Waals surface area contributed by atoms with Gasteiger partial charge < -0.3 is 14.8 Å². The van der Waals surface area contributed by atoms with Crippen LogP contribution in [0.5, 0.6) is 11.5 Å². The third-order valence-electron chi connectivity index (χ3n) is 3.00. The average molecular weight is 374 g/mol. The van der Waals surface area contributed by atoms with E-state index in [0.717, 1.165) is 30.0 Å². The molecule has 0 spiro atoms. The molecule has 0 saturated carbocycles. The molecular weight excluding hydrogens is 360 g/mol. The fraction of sp³-hybridized carbons (Fsp3) is 0.188. The molecule has 0 heterocycles. The maximum absolute atomic E-state index is 13.5. The van der Waals surface area contributed by atoms with E-state index in [2.05, 4.69) is 5.32 Å². The fourth-order valence-corrected chi connectivity index (χ4v) is 2.88. The Morgan fingerprint density at radius 2 is 1.88 bits per heavy atom. The summed E-state index contributed by atoms with van der Waals surface area (Å²) in [6.07, 6.45) is 0. The van der Waals surface area contributed by atoms with Crippen LogP contribution < -0.4 is 14.8 Å². The third-order valence-corrected chi connectivity index (χ3v) is 4.33. The quantitative estimate of drug-likeness (QED) is 0.764. The van der Waals surface area contributed by atoms with Gasteiger partial charge in [0.05, 0.1) is 30.7 Å². The van der Waals surface area contributed by atoms with Crippen molar-refractivity contribution in [2.24, 2.45) is 0 Å². The molecule has 0 atom stereocenters. The van der Waals surface area contributed by atoms with E-state index in [0.29, 0.717) is 22.2 Å². The highest BCUT2D eigenvalue weighted by Gasteiger charge is 2.14. The molecule has 0 aliphatic heterocycles. The molecule has 0 unspecified atom stereocenters. The number of halogens is 3. The maximum atomic E-state index is 13.5. The van der Waals surface area contributed by atoms with Crippen molar-refractivity contribution in [3.8, 4) is 11.5 Å². The molecule has 8 heteroatoms. The maximum Gasteiger partial charge on any atom is 0.234 e. The van der Waals surface area contributed by atoms with Crippen LogP contribution in [0.2, 0.25) is 5.02 Å². The summed E-state index contributed by atoms with van der Waals surface area (Å²) >= 11 is 6.91. The summed E-state index contributed by atoms with van der Waals surface area (Å²) < 4.78 is 36.9. The van der Waals surface area contributed by atoms with Crippen LogP contribution in [0.15, 0.2) is 35.2 Å². The highest BCUT2D eigenvalue weighted by Crippen LogP contribution is 2.36. The number of hydrogen-bond donors (Lipinski definition) is 1. The lowest BCUT2D eigenvalue weighted by Crippen LogP contribution is -2.15. The van der Waals surface area contributed by atoms with E-state index in [1.165, 1.54) is 26.4 Å². The minimum Gasteiger partial charge on any atom is -0.495 e. The number of methoxy groups -OCH3 is 2. The van der Waals surface area contributed by atoms with Crippen LogP contribution in [0.3, 0.4) is 0 Å². The van der Waals surface area contributed by atoms with E-state index in [-0.39, 0.29) is 10.6 Å². The minimum absolute atomic E-state index is 0.0601. The summed E-state index contributed by atoms with van der Waals surface area (Å²) in [7, 11) is 2.90. The largest absolute Gasteiger partial charge is 0.495 e. The van der Waals surface area contributed by atoms with Gasteiger partial charge in [0.1, 0.15) is 23.1 Å². The Balaban J connectivity index is 2.07. The van der Waals surface area contributed by atoms with Crippen LogP contribution >= 0.6 is 23.4 Å². The van der Waals surface area contributed by atoms with Crippen LogP contribution in [0.25, 0.3) is 0 Å². The summed E-state index contributed by atoms with van der Waals surface area (Å²) in [6.45, 7) is 0. The second kappa shape index (κ2) is 8.21. The molecule has 0 aliphatic rings. The Labute approximate surface area is 147 Å². The van der Waals surface area contributed by atoms with Gasteiger partial charge in [-0.15, -0.1) is 11.8 Å². The van der Waals surface area contributed by atoms with Crippen LogP contribution in [0, 0.1) is 11.6 Å². The first-order chi connectivity index (χ1) is 11.4. The summed E-state index contributed by atoms with van der Waals surface area (Å²) in [5.41, 5.74) is 0.355. The average Bonchev–Trinajstić information content (AvgIpc) is 2.56. The molecule has 1 amide bonds. The van der Waals surface area contributed by atoms with Crippen molar-refractivity contribution in [3.05, 3.63) is 47.0 Å². The number of rotatable bonds is 6. The van der Waals surface area contributed by atoms with Gasteiger partial charge >= 0.3 is 0 Å². The predicted octanol–water partition coefficient (Wildman–Crippen LogP) is 4.37. The molecule has 2 aromatic carbocycles. The van der Waals surface area contributed by atoms with Crippen molar-refractivity contribution in [2.45, 2.75) is 4.90 Å². The molecule has 4 nitrogen and oxygen atoms in total. The standard InChI is InChI=1S/C16H14ClF2NO3S/c1-22-13-7-14(23-2)12(6-10(13)17)20-16(21)8-24-15-5-9(18)3-4-11(15)19/h3-7H,8H2,1-2H3,(H,20,21). The van der Waals surface area contributed by atoms with Crippen LogP contribution in [-0.2, 0) is 4.79 Å². The van der Waals surface area contributed by atoms with Crippen LogP contribution in [0.1, 0.15) is 0 Å². The molecule has 0 aromatic heterocycles. The van der Waals surface area contributed by atoms with Crippen molar-refractivity contribution in [2.75, 3.05) is 25.3 Å². The minimum atomic E-state index is -0.584. The molecule has 2 rings (SSSR count). The van der Waals surface area contributed by atoms with Crippen molar-refractivity contribution >= 4 is 35.0 Å². The van der Waals surface area contributed by atoms with Gasteiger partial charge in [-0.05, 0) is 24.3 Å². The van der Waals surface area contributed by atoms with Gasteiger partial charge in [-0.3, -0.25) is 4.79 Å². The molecule has 0 bridgehead atoms. The Morgan fingerprint density at radius 1 is 1.17 bits per heavy atom. The molecule has 0 saturated heterocycles. The van der Waals surface area contributed by atoms with E-state index in [1.54, 1.807) is 0 Å². The number of hydrogen-bond acceptors (Lipinski definition) is 4. The molecule has 128 valence electrons. The van der Waals surface area contributed by atoms with Crippen LogP contribution in [0.4, 0.5) is 14.5 Å². The first-order valence-corrected chi connectivity index (χ1v) is 8.10. The molecule has 0 radical (unpaired) electrons. The summed E-state index contributed by atoms with van der Waals surface area (Å²) in [5, 5.41) is 2.92. The van der Waals surface area contributed by atoms with E-state index in [1.807, 2.05) is 0 Å². The number of benzene rings is 2. The summed E-state index contributed by atoms with van der Waals surface area (Å²) in [6, 6.07) is 6.10. The molecule has 0 aliphatic carbocycles. The van der Waals surface area contributed by atoms with Gasteiger partial charge in [0.25, 0.3) is 0 Å². The zero-order valence-corrected chi connectivity index (χ0v) is 14.4. The highest BCUT2D eigenvalue weighted by molar-refractivity contribution is 8.00. The van der Waals surface area contributed by atoms with E-state index in [9.17, 15) is 13.6 Å². The lowest BCUT2D eigenvalue weighted by molar-refractivity contribution is -0.113. The molecule has 1 N–H and O–H groups in total. The topological polar surface area (TPSA) is 47.6 Å². The van der Waals surface area contributed by atoms with E-state index in [4.69, 9.17) is 21.1 Å². The normalized spacial score (nSPS) is 10.4. The first-order valence-electron chi connectivity index (χ1n) is 6.73. The Hall–Kier alpha value is -1.99. The lowest BCUT2D eigenvalue weighted by Gasteiger charge is -2.13. The molecular formula is C16H14ClF2NO3S. The predicted molar refractivity (Wildman–Crippen MR) is 90.3 cm³/mol. The second-order valence-electron chi connectivity index (χ2n) is 4.60. The van der Waals surface area contributed by atoms with E-state index >= 15 is 0 Å². The SMILES string of the molecule is COc1cc(OC)c(NC(=O)CSc2cc(F)ccc2F)cc1Cl. The smallest absolute Gasteiger partial charge is 0.234 e. The van der Waals surface area contributed by atoms with Gasteiger partial charge in [-0.2, -0.15) is 0 Å². The van der Waals surface area contributed by atoms with Gasteiger partial charge in [0.15, 0.2) is 0 Å². The monoisotopic (exact) mass is 373 g/mol. The Kier molecular flexibility index (Phi) is 6.28. The lowest BCUT2D eigenvalue weighted by atomic mass is 10.2. The molecule has 2 aromatic rings. The fourth-order valence-electron chi connectivity index (χ4n) is 1.88. The van der Waals surface area contributed by atoms with Gasteiger partial charge in [0.2, 0.25) is 5.91 Å². The number of anilines is 1. The number of thioether (sulfide) groups is 1. The van der Waals surface area contributed by atoms with Crippen molar-refractivity contribution in [1.29, 1.82) is 0 Å². The van der Waals surface area contributed by atoms with Crippen LogP contribution in [-0.4, -0.2) is 25.9 Å². The van der Waals surface area contributed by atoms with Crippen molar-refractivity contribution in [1.82, 2.24) is 0 Å². The van der Waals surface area contributed by atoms with Crippen molar-refractivity contribution < 1.29 is 23.0 Å². The van der Waals surface area contributed by atoms with Gasteiger partial charge in [-0.25, -0.2) is 8.78 Å². The number of nitrogens with one attached hydrogen (secondary N) is 1. The molecule has 0 fully saturated rings. The zero-order valence-electron chi connectivity index (χ0n) is 12.9. The number of amides is 1. The second-order valence-corrected chi connectivity index (χ2v) is 6.02. The Bertz CT molecular complexity index is 758. The third kappa shape index (κ3) is 4.52. The highest BCUT2D eigenvalue weighted by atomic mass is 35.5. The summed E-state index contributed by atoms with van der Waals surface area (Å²) in [4.78, 5) is 12.1. The number of carbonyl (C=O) groups is 1. The number of carbonyl (C=O) groups excluding carboxylic acids is 1. The molecule has 24 heavy (non-hydrogen) atoms. The van der Waals surface area contributed by atoms with E-state index < -0.39 is 17.5 Å². The Morgan fingerprint density at radius 3 is 2.54 bits per heavy atom. The zero-order chi connectivity index (χ0) is 17.7. The van der Waals surface area contributed by atoms with Gasteiger partial charge in [-0.1, -0.05) is 11.6 Å². The van der Waals surface area contributed by atoms with Crippen molar-refractivity contribution in [3.63, 3.8) is 0 Å².